The summed E-state index contributed by atoms with van der Waals surface area (Å²) in [6.45, 7) is 8.66. The van der Waals surface area contributed by atoms with Crippen LogP contribution in [0.2, 0.25) is 0 Å². The van der Waals surface area contributed by atoms with Crippen molar-refractivity contribution in [2.24, 2.45) is 0 Å². The van der Waals surface area contributed by atoms with E-state index in [2.05, 4.69) is 23.3 Å². The van der Waals surface area contributed by atoms with Crippen molar-refractivity contribution in [2.75, 3.05) is 13.2 Å². The molecular formula is C14H22N2O. The fourth-order valence-electron chi connectivity index (χ4n) is 1.46. The zero-order chi connectivity index (χ0) is 12.5. The van der Waals surface area contributed by atoms with Gasteiger partial charge in [-0.05, 0) is 32.4 Å². The summed E-state index contributed by atoms with van der Waals surface area (Å²) in [7, 11) is 0. The van der Waals surface area contributed by atoms with Gasteiger partial charge in [-0.15, -0.1) is 0 Å². The minimum atomic E-state index is 0.580. The average Bonchev–Trinajstić information content (AvgIpc) is 2.32. The number of aromatic nitrogens is 1. The zero-order valence-electron chi connectivity index (χ0n) is 11.0. The topological polar surface area (TPSA) is 34.1 Å². The number of pyridine rings is 1. The first-order valence-corrected chi connectivity index (χ1v) is 6.19. The van der Waals surface area contributed by atoms with Crippen LogP contribution >= 0.6 is 0 Å². The molecular weight excluding hydrogens is 212 g/mol. The van der Waals surface area contributed by atoms with Crippen LogP contribution in [0.5, 0.6) is 5.88 Å². The Kier molecular flexibility index (Phi) is 6.33. The van der Waals surface area contributed by atoms with Crippen molar-refractivity contribution in [3.05, 3.63) is 35.5 Å². The molecule has 0 radical (unpaired) electrons. The van der Waals surface area contributed by atoms with Gasteiger partial charge in [0.25, 0.3) is 0 Å². The minimum absolute atomic E-state index is 0.580. The van der Waals surface area contributed by atoms with E-state index in [9.17, 15) is 0 Å². The summed E-state index contributed by atoms with van der Waals surface area (Å²) < 4.78 is 5.49. The van der Waals surface area contributed by atoms with Crippen molar-refractivity contribution < 1.29 is 4.74 Å². The van der Waals surface area contributed by atoms with E-state index in [0.717, 1.165) is 25.2 Å². The third kappa shape index (κ3) is 5.00. The Hall–Kier alpha value is -1.35. The second-order valence-electron chi connectivity index (χ2n) is 3.95. The molecule has 1 N–H and O–H groups in total. The van der Waals surface area contributed by atoms with Crippen LogP contribution in [0.1, 0.15) is 31.5 Å². The molecule has 3 nitrogen and oxygen atoms in total. The predicted molar refractivity (Wildman–Crippen MR) is 71.3 cm³/mol. The molecule has 0 aliphatic rings. The van der Waals surface area contributed by atoms with Crippen LogP contribution in [-0.4, -0.2) is 18.1 Å². The summed E-state index contributed by atoms with van der Waals surface area (Å²) in [4.78, 5) is 4.43. The molecule has 0 bridgehead atoms. The summed E-state index contributed by atoms with van der Waals surface area (Å²) in [6.07, 6.45) is 5.08. The van der Waals surface area contributed by atoms with Crippen molar-refractivity contribution in [3.63, 3.8) is 0 Å². The SMILES string of the molecule is C/C=C/COc1ccc(CNCCC)c(C)n1. The molecule has 1 aromatic heterocycles. The van der Waals surface area contributed by atoms with Crippen molar-refractivity contribution in [1.82, 2.24) is 10.3 Å². The highest BCUT2D eigenvalue weighted by atomic mass is 16.5. The molecule has 3 heteroatoms. The van der Waals surface area contributed by atoms with Crippen LogP contribution < -0.4 is 10.1 Å². The molecule has 0 fully saturated rings. The Balaban J connectivity index is 2.53. The molecule has 0 aliphatic carbocycles. The van der Waals surface area contributed by atoms with Gasteiger partial charge in [0.15, 0.2) is 0 Å². The standard InChI is InChI=1S/C14H22N2O/c1-4-6-10-17-14-8-7-13(12(3)16-14)11-15-9-5-2/h4,6-8,15H,5,9-11H2,1-3H3/b6-4+. The molecule has 0 saturated carbocycles. The van der Waals surface area contributed by atoms with E-state index >= 15 is 0 Å². The molecule has 94 valence electrons. The highest BCUT2D eigenvalue weighted by Gasteiger charge is 2.01. The monoisotopic (exact) mass is 234 g/mol. The Morgan fingerprint density at radius 3 is 2.88 bits per heavy atom. The fourth-order valence-corrected chi connectivity index (χ4v) is 1.46. The van der Waals surface area contributed by atoms with Crippen molar-refractivity contribution in [2.45, 2.75) is 33.7 Å². The summed E-state index contributed by atoms with van der Waals surface area (Å²) in [5, 5.41) is 3.37. The quantitative estimate of drug-likeness (QED) is 0.582. The van der Waals surface area contributed by atoms with Crippen LogP contribution in [0.4, 0.5) is 0 Å². The van der Waals surface area contributed by atoms with E-state index in [-0.39, 0.29) is 0 Å². The molecule has 0 amide bonds. The van der Waals surface area contributed by atoms with Gasteiger partial charge in [0.05, 0.1) is 0 Å². The number of aryl methyl sites for hydroxylation is 1. The van der Waals surface area contributed by atoms with Gasteiger partial charge in [0.2, 0.25) is 5.88 Å². The third-order valence-electron chi connectivity index (χ3n) is 2.48. The van der Waals surface area contributed by atoms with Gasteiger partial charge in [-0.2, -0.15) is 0 Å². The number of allylic oxidation sites excluding steroid dienone is 1. The fraction of sp³-hybridized carbons (Fsp3) is 0.500. The molecule has 0 spiro atoms. The smallest absolute Gasteiger partial charge is 0.213 e. The summed E-state index contributed by atoms with van der Waals surface area (Å²) in [5.74, 6) is 0.694. The van der Waals surface area contributed by atoms with Gasteiger partial charge < -0.3 is 10.1 Å². The Morgan fingerprint density at radius 1 is 1.41 bits per heavy atom. The molecule has 1 heterocycles. The highest BCUT2D eigenvalue weighted by molar-refractivity contribution is 5.24. The van der Waals surface area contributed by atoms with Gasteiger partial charge in [-0.25, -0.2) is 4.98 Å². The molecule has 0 atom stereocenters. The molecule has 0 aliphatic heterocycles. The number of ether oxygens (including phenoxy) is 1. The lowest BCUT2D eigenvalue weighted by Gasteiger charge is -2.08. The first-order chi connectivity index (χ1) is 8.27. The summed E-state index contributed by atoms with van der Waals surface area (Å²) in [6, 6.07) is 4.01. The van der Waals surface area contributed by atoms with Gasteiger partial charge in [0.1, 0.15) is 6.61 Å². The molecule has 0 unspecified atom stereocenters. The summed E-state index contributed by atoms with van der Waals surface area (Å²) >= 11 is 0. The van der Waals surface area contributed by atoms with Gasteiger partial charge in [0, 0.05) is 18.3 Å². The van der Waals surface area contributed by atoms with Gasteiger partial charge in [-0.1, -0.05) is 25.1 Å². The first kappa shape index (κ1) is 13.7. The maximum atomic E-state index is 5.49. The normalized spacial score (nSPS) is 11.0. The van der Waals surface area contributed by atoms with Crippen molar-refractivity contribution in [1.29, 1.82) is 0 Å². The molecule has 1 rings (SSSR count). The van der Waals surface area contributed by atoms with Crippen LogP contribution in [0.25, 0.3) is 0 Å². The Morgan fingerprint density at radius 2 is 2.24 bits per heavy atom. The molecule has 0 saturated heterocycles. The predicted octanol–water partition coefficient (Wildman–Crippen LogP) is 2.84. The van der Waals surface area contributed by atoms with E-state index in [1.165, 1.54) is 5.56 Å². The first-order valence-electron chi connectivity index (χ1n) is 6.19. The van der Waals surface area contributed by atoms with E-state index in [1.807, 2.05) is 32.1 Å². The van der Waals surface area contributed by atoms with E-state index in [0.29, 0.717) is 12.5 Å². The van der Waals surface area contributed by atoms with E-state index in [4.69, 9.17) is 4.74 Å². The summed E-state index contributed by atoms with van der Waals surface area (Å²) in [5.41, 5.74) is 2.27. The van der Waals surface area contributed by atoms with Crippen LogP contribution in [-0.2, 0) is 6.54 Å². The average molecular weight is 234 g/mol. The minimum Gasteiger partial charge on any atom is -0.473 e. The number of nitrogens with zero attached hydrogens (tertiary/aromatic N) is 1. The van der Waals surface area contributed by atoms with Gasteiger partial charge >= 0.3 is 0 Å². The van der Waals surface area contributed by atoms with Gasteiger partial charge in [-0.3, -0.25) is 0 Å². The van der Waals surface area contributed by atoms with E-state index in [1.54, 1.807) is 0 Å². The second kappa shape index (κ2) is 7.85. The highest BCUT2D eigenvalue weighted by Crippen LogP contribution is 2.12. The molecule has 17 heavy (non-hydrogen) atoms. The Bertz CT molecular complexity index is 361. The maximum absolute atomic E-state index is 5.49. The zero-order valence-corrected chi connectivity index (χ0v) is 11.0. The molecule has 0 aromatic carbocycles. The maximum Gasteiger partial charge on any atom is 0.213 e. The van der Waals surface area contributed by atoms with E-state index < -0.39 is 0 Å². The van der Waals surface area contributed by atoms with Crippen LogP contribution in [0, 0.1) is 6.92 Å². The van der Waals surface area contributed by atoms with Crippen LogP contribution in [0.15, 0.2) is 24.3 Å². The van der Waals surface area contributed by atoms with Crippen molar-refractivity contribution in [3.8, 4) is 5.88 Å². The second-order valence-corrected chi connectivity index (χ2v) is 3.95. The van der Waals surface area contributed by atoms with Crippen molar-refractivity contribution >= 4 is 0 Å². The lowest BCUT2D eigenvalue weighted by atomic mass is 10.2. The largest absolute Gasteiger partial charge is 0.473 e. The molecule has 1 aromatic rings. The number of hydrogen-bond acceptors (Lipinski definition) is 3. The Labute approximate surface area is 104 Å². The number of hydrogen-bond donors (Lipinski definition) is 1. The number of rotatable bonds is 7. The lowest BCUT2D eigenvalue weighted by molar-refractivity contribution is 0.347. The van der Waals surface area contributed by atoms with Crippen LogP contribution in [0.3, 0.4) is 0 Å². The third-order valence-corrected chi connectivity index (χ3v) is 2.48. The number of nitrogens with one attached hydrogen (secondary N) is 1. The lowest BCUT2D eigenvalue weighted by Crippen LogP contribution is -2.15.